The average molecular weight is 260 g/mol. The van der Waals surface area contributed by atoms with Crippen molar-refractivity contribution in [1.82, 2.24) is 20.4 Å². The minimum Gasteiger partial charge on any atom is -0.481 e. The van der Waals surface area contributed by atoms with Gasteiger partial charge in [0, 0.05) is 24.4 Å². The molecule has 2 aromatic rings. The zero-order valence-corrected chi connectivity index (χ0v) is 11.0. The van der Waals surface area contributed by atoms with Crippen LogP contribution in [0.5, 0.6) is 5.88 Å². The van der Waals surface area contributed by atoms with Gasteiger partial charge < -0.3 is 14.6 Å². The summed E-state index contributed by atoms with van der Waals surface area (Å²) < 4.78 is 10.4. The molecule has 0 saturated carbocycles. The molecule has 6 nitrogen and oxygen atoms in total. The van der Waals surface area contributed by atoms with Crippen molar-refractivity contribution in [2.75, 3.05) is 20.2 Å². The smallest absolute Gasteiger partial charge is 0.234 e. The molecule has 0 aromatic carbocycles. The molecular formula is C13H16N4O2. The summed E-state index contributed by atoms with van der Waals surface area (Å²) in [5.74, 6) is 1.82. The number of hydrogen-bond donors (Lipinski definition) is 1. The molecule has 19 heavy (non-hydrogen) atoms. The lowest BCUT2D eigenvalue weighted by Crippen LogP contribution is -2.25. The zero-order valence-electron chi connectivity index (χ0n) is 11.0. The van der Waals surface area contributed by atoms with E-state index in [9.17, 15) is 0 Å². The van der Waals surface area contributed by atoms with E-state index in [2.05, 4.69) is 27.4 Å². The van der Waals surface area contributed by atoms with Gasteiger partial charge >= 0.3 is 0 Å². The summed E-state index contributed by atoms with van der Waals surface area (Å²) in [7, 11) is 1.59. The fourth-order valence-corrected chi connectivity index (χ4v) is 2.22. The van der Waals surface area contributed by atoms with Crippen LogP contribution in [0.4, 0.5) is 0 Å². The molecular weight excluding hydrogens is 244 g/mol. The summed E-state index contributed by atoms with van der Waals surface area (Å²) in [6, 6.07) is 3.65. The van der Waals surface area contributed by atoms with Gasteiger partial charge in [0.1, 0.15) is 0 Å². The Labute approximate surface area is 111 Å². The van der Waals surface area contributed by atoms with Crippen LogP contribution in [-0.2, 0) is 5.41 Å². The second-order valence-electron chi connectivity index (χ2n) is 5.00. The highest BCUT2D eigenvalue weighted by atomic mass is 16.5. The van der Waals surface area contributed by atoms with Crippen LogP contribution in [-0.4, -0.2) is 35.3 Å². The van der Waals surface area contributed by atoms with Crippen LogP contribution in [0.15, 0.2) is 22.9 Å². The Hall–Kier alpha value is -1.95. The largest absolute Gasteiger partial charge is 0.481 e. The molecule has 0 aliphatic carbocycles. The molecule has 1 saturated heterocycles. The number of nitrogens with one attached hydrogen (secondary N) is 1. The van der Waals surface area contributed by atoms with Crippen LogP contribution in [0, 0.1) is 0 Å². The zero-order chi connectivity index (χ0) is 13.3. The molecule has 3 heterocycles. The molecule has 0 amide bonds. The first-order chi connectivity index (χ1) is 9.21. The van der Waals surface area contributed by atoms with E-state index < -0.39 is 0 Å². The Morgan fingerprint density at radius 2 is 2.32 bits per heavy atom. The quantitative estimate of drug-likeness (QED) is 0.899. The summed E-state index contributed by atoms with van der Waals surface area (Å²) in [5.41, 5.74) is 0.760. The molecule has 1 unspecified atom stereocenters. The van der Waals surface area contributed by atoms with Gasteiger partial charge in [-0.05, 0) is 26.0 Å². The van der Waals surface area contributed by atoms with E-state index in [0.717, 1.165) is 25.1 Å². The SMILES string of the molecule is COc1ccc(-c2noc(C3(C)CCNC3)n2)cn1. The molecule has 1 N–H and O–H groups in total. The molecule has 1 aliphatic heterocycles. The monoisotopic (exact) mass is 260 g/mol. The predicted octanol–water partition coefficient (Wildman–Crippen LogP) is 1.39. The molecule has 6 heteroatoms. The maximum absolute atomic E-state index is 5.40. The summed E-state index contributed by atoms with van der Waals surface area (Å²) in [6.07, 6.45) is 2.69. The number of aromatic nitrogens is 3. The van der Waals surface area contributed by atoms with Gasteiger partial charge in [0.05, 0.1) is 12.5 Å². The van der Waals surface area contributed by atoms with Gasteiger partial charge in [-0.3, -0.25) is 0 Å². The third-order valence-electron chi connectivity index (χ3n) is 3.51. The minimum atomic E-state index is -0.0643. The lowest BCUT2D eigenvalue weighted by Gasteiger charge is -2.15. The first-order valence-corrected chi connectivity index (χ1v) is 6.27. The van der Waals surface area contributed by atoms with Gasteiger partial charge in [0.25, 0.3) is 0 Å². The Morgan fingerprint density at radius 3 is 2.95 bits per heavy atom. The predicted molar refractivity (Wildman–Crippen MR) is 68.9 cm³/mol. The molecule has 2 aromatic heterocycles. The van der Waals surface area contributed by atoms with Crippen molar-refractivity contribution in [1.29, 1.82) is 0 Å². The van der Waals surface area contributed by atoms with Crippen LogP contribution in [0.2, 0.25) is 0 Å². The van der Waals surface area contributed by atoms with Crippen molar-refractivity contribution in [3.8, 4) is 17.3 Å². The van der Waals surface area contributed by atoms with Crippen molar-refractivity contribution in [2.45, 2.75) is 18.8 Å². The maximum atomic E-state index is 5.40. The van der Waals surface area contributed by atoms with Crippen molar-refractivity contribution >= 4 is 0 Å². The van der Waals surface area contributed by atoms with Gasteiger partial charge in [-0.15, -0.1) is 0 Å². The fraction of sp³-hybridized carbons (Fsp3) is 0.462. The third-order valence-corrected chi connectivity index (χ3v) is 3.51. The second kappa shape index (κ2) is 4.62. The van der Waals surface area contributed by atoms with Crippen LogP contribution in [0.3, 0.4) is 0 Å². The molecule has 1 aliphatic rings. The van der Waals surface area contributed by atoms with Crippen molar-refractivity contribution < 1.29 is 9.26 Å². The highest BCUT2D eigenvalue weighted by molar-refractivity contribution is 5.53. The van der Waals surface area contributed by atoms with Gasteiger partial charge in [-0.2, -0.15) is 4.98 Å². The van der Waals surface area contributed by atoms with E-state index in [-0.39, 0.29) is 5.41 Å². The van der Waals surface area contributed by atoms with Crippen LogP contribution >= 0.6 is 0 Å². The normalized spacial score (nSPS) is 22.6. The number of pyridine rings is 1. The van der Waals surface area contributed by atoms with Gasteiger partial charge in [-0.25, -0.2) is 4.98 Å². The van der Waals surface area contributed by atoms with E-state index in [4.69, 9.17) is 9.26 Å². The number of nitrogens with zero attached hydrogens (tertiary/aromatic N) is 3. The summed E-state index contributed by atoms with van der Waals surface area (Å²) in [4.78, 5) is 8.63. The number of hydrogen-bond acceptors (Lipinski definition) is 6. The maximum Gasteiger partial charge on any atom is 0.234 e. The molecule has 3 rings (SSSR count). The van der Waals surface area contributed by atoms with E-state index in [1.807, 2.05) is 6.07 Å². The highest BCUT2D eigenvalue weighted by Crippen LogP contribution is 2.30. The summed E-state index contributed by atoms with van der Waals surface area (Å²) >= 11 is 0. The molecule has 100 valence electrons. The van der Waals surface area contributed by atoms with E-state index in [1.54, 1.807) is 19.4 Å². The lowest BCUT2D eigenvalue weighted by molar-refractivity contribution is 0.306. The number of rotatable bonds is 3. The Bertz CT molecular complexity index is 558. The highest BCUT2D eigenvalue weighted by Gasteiger charge is 2.36. The Balaban J connectivity index is 1.87. The second-order valence-corrected chi connectivity index (χ2v) is 5.00. The number of methoxy groups -OCH3 is 1. The standard InChI is InChI=1S/C13H16N4O2/c1-13(5-6-14-8-13)12-16-11(17-19-12)9-3-4-10(18-2)15-7-9/h3-4,7,14H,5-6,8H2,1-2H3. The molecule has 0 bridgehead atoms. The van der Waals surface area contributed by atoms with Crippen LogP contribution < -0.4 is 10.1 Å². The lowest BCUT2D eigenvalue weighted by atomic mass is 9.90. The van der Waals surface area contributed by atoms with Crippen LogP contribution in [0.1, 0.15) is 19.2 Å². The molecule has 0 radical (unpaired) electrons. The van der Waals surface area contributed by atoms with E-state index in [1.165, 1.54) is 0 Å². The average Bonchev–Trinajstić information content (AvgIpc) is 3.08. The van der Waals surface area contributed by atoms with Crippen molar-refractivity contribution in [3.63, 3.8) is 0 Å². The van der Waals surface area contributed by atoms with E-state index in [0.29, 0.717) is 17.6 Å². The van der Waals surface area contributed by atoms with Crippen molar-refractivity contribution in [2.24, 2.45) is 0 Å². The number of ether oxygens (including phenoxy) is 1. The van der Waals surface area contributed by atoms with Gasteiger partial charge in [-0.1, -0.05) is 5.16 Å². The molecule has 1 atom stereocenters. The van der Waals surface area contributed by atoms with Crippen LogP contribution in [0.25, 0.3) is 11.4 Å². The van der Waals surface area contributed by atoms with Crippen molar-refractivity contribution in [3.05, 3.63) is 24.2 Å². The first kappa shape index (κ1) is 12.1. The van der Waals surface area contributed by atoms with Gasteiger partial charge in [0.2, 0.25) is 17.6 Å². The first-order valence-electron chi connectivity index (χ1n) is 6.27. The fourth-order valence-electron chi connectivity index (χ4n) is 2.22. The Kier molecular flexibility index (Phi) is 2.94. The minimum absolute atomic E-state index is 0.0643. The summed E-state index contributed by atoms with van der Waals surface area (Å²) in [5, 5.41) is 7.36. The van der Waals surface area contributed by atoms with E-state index >= 15 is 0 Å². The van der Waals surface area contributed by atoms with Gasteiger partial charge in [0.15, 0.2) is 0 Å². The summed E-state index contributed by atoms with van der Waals surface area (Å²) in [6.45, 7) is 3.99. The molecule has 1 fully saturated rings. The Morgan fingerprint density at radius 1 is 1.42 bits per heavy atom. The molecule has 0 spiro atoms. The topological polar surface area (TPSA) is 73.1 Å². The third kappa shape index (κ3) is 2.19.